The van der Waals surface area contributed by atoms with Crippen molar-refractivity contribution < 1.29 is 13.2 Å². The van der Waals surface area contributed by atoms with Gasteiger partial charge < -0.3 is 0 Å². The van der Waals surface area contributed by atoms with Crippen LogP contribution in [-0.2, 0) is 25.4 Å². The molecule has 1 aliphatic rings. The average Bonchev–Trinajstić information content (AvgIpc) is 2.89. The Labute approximate surface area is 129 Å². The molecule has 3 heteroatoms. The van der Waals surface area contributed by atoms with Crippen molar-refractivity contribution in [2.24, 2.45) is 5.92 Å². The van der Waals surface area contributed by atoms with Crippen molar-refractivity contribution >= 4 is 0 Å². The van der Waals surface area contributed by atoms with E-state index in [-0.39, 0.29) is 0 Å². The lowest BCUT2D eigenvalue weighted by molar-refractivity contribution is -0.137. The van der Waals surface area contributed by atoms with E-state index in [0.717, 1.165) is 37.7 Å². The second-order valence-electron chi connectivity index (χ2n) is 6.13. The van der Waals surface area contributed by atoms with Gasteiger partial charge in [0.25, 0.3) is 0 Å². The van der Waals surface area contributed by atoms with Crippen LogP contribution in [0.3, 0.4) is 0 Å². The maximum absolute atomic E-state index is 12.5. The quantitative estimate of drug-likeness (QED) is 0.705. The molecule has 0 aromatic heterocycles. The van der Waals surface area contributed by atoms with Crippen LogP contribution in [0.5, 0.6) is 0 Å². The molecule has 1 aliphatic carbocycles. The van der Waals surface area contributed by atoms with Crippen LogP contribution >= 0.6 is 0 Å². The van der Waals surface area contributed by atoms with Crippen molar-refractivity contribution in [3.05, 3.63) is 70.8 Å². The van der Waals surface area contributed by atoms with Gasteiger partial charge in [-0.15, -0.1) is 0 Å². The highest BCUT2D eigenvalue weighted by atomic mass is 19.4. The molecule has 0 N–H and O–H groups in total. The molecule has 0 heterocycles. The van der Waals surface area contributed by atoms with Gasteiger partial charge in [-0.05, 0) is 66.8 Å². The van der Waals surface area contributed by atoms with E-state index < -0.39 is 11.7 Å². The number of hydrogen-bond donors (Lipinski definition) is 0. The largest absolute Gasteiger partial charge is 0.416 e. The summed E-state index contributed by atoms with van der Waals surface area (Å²) in [6.07, 6.45) is 1.06. The van der Waals surface area contributed by atoms with Crippen molar-refractivity contribution in [2.75, 3.05) is 0 Å². The van der Waals surface area contributed by atoms with E-state index in [4.69, 9.17) is 0 Å². The molecule has 0 radical (unpaired) electrons. The van der Waals surface area contributed by atoms with E-state index in [2.05, 4.69) is 24.3 Å². The summed E-state index contributed by atoms with van der Waals surface area (Å²) < 4.78 is 37.5. The fourth-order valence-corrected chi connectivity index (χ4v) is 3.31. The van der Waals surface area contributed by atoms with Crippen molar-refractivity contribution in [2.45, 2.75) is 38.3 Å². The van der Waals surface area contributed by atoms with Gasteiger partial charge in [-0.1, -0.05) is 36.4 Å². The zero-order chi connectivity index (χ0) is 15.6. The number of benzene rings is 2. The molecule has 2 aromatic rings. The second kappa shape index (κ2) is 6.15. The molecule has 0 saturated heterocycles. The minimum atomic E-state index is -4.24. The predicted octanol–water partition coefficient (Wildman–Crippen LogP) is 5.44. The molecule has 3 rings (SSSR count). The normalized spacial score (nSPS) is 15.0. The SMILES string of the molecule is FC(F)(F)c1ccc(CCCC2Cc3ccccc3C2)cc1. The molecule has 0 saturated carbocycles. The fourth-order valence-electron chi connectivity index (χ4n) is 3.31. The molecule has 0 nitrogen and oxygen atoms in total. The number of halogens is 3. The van der Waals surface area contributed by atoms with Crippen LogP contribution in [0.1, 0.15) is 35.1 Å². The Hall–Kier alpha value is -1.77. The van der Waals surface area contributed by atoms with Crippen LogP contribution in [0.15, 0.2) is 48.5 Å². The molecule has 116 valence electrons. The Morgan fingerprint density at radius 3 is 2.00 bits per heavy atom. The minimum absolute atomic E-state index is 0.567. The summed E-state index contributed by atoms with van der Waals surface area (Å²) >= 11 is 0. The highest BCUT2D eigenvalue weighted by Gasteiger charge is 2.29. The van der Waals surface area contributed by atoms with Crippen LogP contribution in [0, 0.1) is 5.92 Å². The van der Waals surface area contributed by atoms with E-state index in [0.29, 0.717) is 5.92 Å². The van der Waals surface area contributed by atoms with Gasteiger partial charge in [-0.2, -0.15) is 13.2 Å². The Balaban J connectivity index is 1.48. The molecular weight excluding hydrogens is 285 g/mol. The number of aryl methyl sites for hydroxylation is 1. The maximum Gasteiger partial charge on any atom is 0.416 e. The monoisotopic (exact) mass is 304 g/mol. The summed E-state index contributed by atoms with van der Waals surface area (Å²) in [6.45, 7) is 0. The zero-order valence-corrected chi connectivity index (χ0v) is 12.4. The third-order valence-electron chi connectivity index (χ3n) is 4.49. The smallest absolute Gasteiger partial charge is 0.166 e. The molecular formula is C19H19F3. The molecule has 22 heavy (non-hydrogen) atoms. The first-order chi connectivity index (χ1) is 10.5. The fraction of sp³-hybridized carbons (Fsp3) is 0.368. The third kappa shape index (κ3) is 3.52. The standard InChI is InChI=1S/C19H19F3/c20-19(21,22)18-10-8-14(9-11-18)4-3-5-15-12-16-6-1-2-7-17(16)13-15/h1-2,6-11,15H,3-5,12-13H2. The summed E-state index contributed by atoms with van der Waals surface area (Å²) in [7, 11) is 0. The number of fused-ring (bicyclic) bond motifs is 1. The molecule has 0 bridgehead atoms. The third-order valence-corrected chi connectivity index (χ3v) is 4.49. The van der Waals surface area contributed by atoms with Gasteiger partial charge in [0.15, 0.2) is 0 Å². The van der Waals surface area contributed by atoms with E-state index in [1.807, 2.05) is 0 Å². The number of hydrogen-bond acceptors (Lipinski definition) is 0. The van der Waals surface area contributed by atoms with E-state index >= 15 is 0 Å². The van der Waals surface area contributed by atoms with Crippen molar-refractivity contribution in [3.8, 4) is 0 Å². The van der Waals surface area contributed by atoms with Gasteiger partial charge in [0.1, 0.15) is 0 Å². The topological polar surface area (TPSA) is 0 Å². The van der Waals surface area contributed by atoms with Crippen LogP contribution in [0.2, 0.25) is 0 Å². The molecule has 0 amide bonds. The predicted molar refractivity (Wildman–Crippen MR) is 81.7 cm³/mol. The second-order valence-corrected chi connectivity index (χ2v) is 6.13. The van der Waals surface area contributed by atoms with E-state index in [1.54, 1.807) is 12.1 Å². The summed E-state index contributed by atoms with van der Waals surface area (Å²) in [5, 5.41) is 0. The van der Waals surface area contributed by atoms with Crippen molar-refractivity contribution in [1.29, 1.82) is 0 Å². The Kier molecular flexibility index (Phi) is 4.23. The first kappa shape index (κ1) is 15.1. The van der Waals surface area contributed by atoms with Gasteiger partial charge in [0.05, 0.1) is 5.56 Å². The van der Waals surface area contributed by atoms with Crippen LogP contribution in [-0.4, -0.2) is 0 Å². The number of rotatable bonds is 4. The van der Waals surface area contributed by atoms with Gasteiger partial charge in [0, 0.05) is 0 Å². The van der Waals surface area contributed by atoms with Gasteiger partial charge >= 0.3 is 6.18 Å². The highest BCUT2D eigenvalue weighted by molar-refractivity contribution is 5.32. The van der Waals surface area contributed by atoms with Gasteiger partial charge in [0.2, 0.25) is 0 Å². The van der Waals surface area contributed by atoms with Crippen molar-refractivity contribution in [3.63, 3.8) is 0 Å². The molecule has 2 aromatic carbocycles. The first-order valence-corrected chi connectivity index (χ1v) is 7.75. The molecule has 0 fully saturated rings. The Morgan fingerprint density at radius 2 is 1.45 bits per heavy atom. The maximum atomic E-state index is 12.5. The highest BCUT2D eigenvalue weighted by Crippen LogP contribution is 2.31. The van der Waals surface area contributed by atoms with Crippen LogP contribution < -0.4 is 0 Å². The minimum Gasteiger partial charge on any atom is -0.166 e. The van der Waals surface area contributed by atoms with Gasteiger partial charge in [-0.3, -0.25) is 0 Å². The first-order valence-electron chi connectivity index (χ1n) is 7.75. The number of alkyl halides is 3. The van der Waals surface area contributed by atoms with Crippen LogP contribution in [0.4, 0.5) is 13.2 Å². The molecule has 0 atom stereocenters. The molecule has 0 unspecified atom stereocenters. The zero-order valence-electron chi connectivity index (χ0n) is 12.4. The Bertz CT molecular complexity index is 601. The Morgan fingerprint density at radius 1 is 0.864 bits per heavy atom. The summed E-state index contributed by atoms with van der Waals surface area (Å²) in [4.78, 5) is 0. The summed E-state index contributed by atoms with van der Waals surface area (Å²) in [6, 6.07) is 14.1. The van der Waals surface area contributed by atoms with E-state index in [9.17, 15) is 13.2 Å². The van der Waals surface area contributed by atoms with Crippen LogP contribution in [0.25, 0.3) is 0 Å². The summed E-state index contributed by atoms with van der Waals surface area (Å²) in [5.74, 6) is 0.687. The lowest BCUT2D eigenvalue weighted by Gasteiger charge is -2.10. The van der Waals surface area contributed by atoms with Gasteiger partial charge in [-0.25, -0.2) is 0 Å². The molecule has 0 spiro atoms. The van der Waals surface area contributed by atoms with Crippen molar-refractivity contribution in [1.82, 2.24) is 0 Å². The van der Waals surface area contributed by atoms with E-state index in [1.165, 1.54) is 23.3 Å². The summed E-state index contributed by atoms with van der Waals surface area (Å²) in [5.41, 5.74) is 3.34. The lowest BCUT2D eigenvalue weighted by Crippen LogP contribution is -2.04. The average molecular weight is 304 g/mol. The molecule has 0 aliphatic heterocycles. The lowest BCUT2D eigenvalue weighted by atomic mass is 9.97.